The van der Waals surface area contributed by atoms with E-state index in [-0.39, 0.29) is 11.8 Å². The highest BCUT2D eigenvalue weighted by Gasteiger charge is 2.19. The van der Waals surface area contributed by atoms with Crippen molar-refractivity contribution in [3.05, 3.63) is 29.3 Å². The van der Waals surface area contributed by atoms with Crippen molar-refractivity contribution in [3.8, 4) is 0 Å². The third-order valence-electron chi connectivity index (χ3n) is 4.26. The molecule has 1 aliphatic rings. The first-order chi connectivity index (χ1) is 12.1. The van der Waals surface area contributed by atoms with Gasteiger partial charge in [0.25, 0.3) is 0 Å². The Bertz CT molecular complexity index is 713. The van der Waals surface area contributed by atoms with Gasteiger partial charge < -0.3 is 10.2 Å². The van der Waals surface area contributed by atoms with Crippen molar-refractivity contribution in [1.82, 2.24) is 20.1 Å². The van der Waals surface area contributed by atoms with Crippen molar-refractivity contribution in [2.24, 2.45) is 0 Å². The van der Waals surface area contributed by atoms with Gasteiger partial charge in [0.2, 0.25) is 11.8 Å². The summed E-state index contributed by atoms with van der Waals surface area (Å²) in [6.45, 7) is 3.21. The monoisotopic (exact) mass is 360 g/mol. The lowest BCUT2D eigenvalue weighted by Gasteiger charge is -2.17. The van der Waals surface area contributed by atoms with Gasteiger partial charge in [-0.05, 0) is 32.0 Å². The first-order valence-electron chi connectivity index (χ1n) is 8.69. The van der Waals surface area contributed by atoms with E-state index < -0.39 is 0 Å². The van der Waals surface area contributed by atoms with Crippen molar-refractivity contribution in [3.63, 3.8) is 0 Å². The predicted octanol–water partition coefficient (Wildman–Crippen LogP) is 1.86. The van der Waals surface area contributed by atoms with Crippen LogP contribution in [-0.2, 0) is 16.1 Å². The van der Waals surface area contributed by atoms with Crippen LogP contribution in [0.25, 0.3) is 10.2 Å². The summed E-state index contributed by atoms with van der Waals surface area (Å²) in [6, 6.07) is 8.07. The van der Waals surface area contributed by atoms with E-state index in [2.05, 4.69) is 16.4 Å². The molecule has 6 nitrogen and oxygen atoms in total. The molecule has 1 N–H and O–H groups in total. The zero-order valence-corrected chi connectivity index (χ0v) is 15.3. The molecule has 0 spiro atoms. The summed E-state index contributed by atoms with van der Waals surface area (Å²) in [7, 11) is 1.93. The number of hydrogen-bond donors (Lipinski definition) is 1. The van der Waals surface area contributed by atoms with Gasteiger partial charge in [-0.2, -0.15) is 0 Å². The molecule has 0 atom stereocenters. The van der Waals surface area contributed by atoms with Crippen molar-refractivity contribution in [2.45, 2.75) is 25.8 Å². The quantitative estimate of drug-likeness (QED) is 0.730. The summed E-state index contributed by atoms with van der Waals surface area (Å²) < 4.78 is 1.17. The third-order valence-corrected chi connectivity index (χ3v) is 5.28. The van der Waals surface area contributed by atoms with E-state index in [1.165, 1.54) is 4.70 Å². The molecule has 25 heavy (non-hydrogen) atoms. The molecule has 3 rings (SSSR count). The number of carbonyl (C=O) groups is 2. The Kier molecular flexibility index (Phi) is 5.99. The lowest BCUT2D eigenvalue weighted by Crippen LogP contribution is -2.36. The number of amides is 2. The average Bonchev–Trinajstić information content (AvgIpc) is 3.16. The molecule has 1 aliphatic heterocycles. The van der Waals surface area contributed by atoms with Crippen LogP contribution >= 0.6 is 11.3 Å². The maximum absolute atomic E-state index is 12.0. The van der Waals surface area contributed by atoms with E-state index in [1.54, 1.807) is 11.3 Å². The Hall–Kier alpha value is -1.99. The first kappa shape index (κ1) is 17.8. The fourth-order valence-electron chi connectivity index (χ4n) is 3.01. The molecule has 1 fully saturated rings. The number of likely N-dealkylation sites (N-methyl/N-ethyl adjacent to an activating group) is 1. The lowest BCUT2D eigenvalue weighted by molar-refractivity contribution is -0.127. The number of nitrogens with one attached hydrogen (secondary N) is 1. The number of hydrogen-bond acceptors (Lipinski definition) is 5. The Morgan fingerprint density at radius 3 is 3.00 bits per heavy atom. The van der Waals surface area contributed by atoms with E-state index in [0.717, 1.165) is 36.5 Å². The van der Waals surface area contributed by atoms with Gasteiger partial charge in [-0.15, -0.1) is 11.3 Å². The Morgan fingerprint density at radius 2 is 2.24 bits per heavy atom. The van der Waals surface area contributed by atoms with Gasteiger partial charge in [-0.3, -0.25) is 14.5 Å². The zero-order chi connectivity index (χ0) is 17.6. The summed E-state index contributed by atoms with van der Waals surface area (Å²) in [6.07, 6.45) is 2.43. The summed E-state index contributed by atoms with van der Waals surface area (Å²) >= 11 is 1.67. The summed E-state index contributed by atoms with van der Waals surface area (Å²) in [5.74, 6) is 0.248. The number of carbonyl (C=O) groups excluding carboxylic acids is 2. The van der Waals surface area contributed by atoms with Gasteiger partial charge in [-0.25, -0.2) is 4.98 Å². The number of nitrogens with zero attached hydrogens (tertiary/aromatic N) is 3. The predicted molar refractivity (Wildman–Crippen MR) is 99.4 cm³/mol. The Labute approximate surface area is 151 Å². The minimum Gasteiger partial charge on any atom is -0.355 e. The van der Waals surface area contributed by atoms with Crippen molar-refractivity contribution >= 4 is 33.4 Å². The van der Waals surface area contributed by atoms with Crippen LogP contribution in [0, 0.1) is 0 Å². The highest BCUT2D eigenvalue weighted by molar-refractivity contribution is 7.18. The summed E-state index contributed by atoms with van der Waals surface area (Å²) in [4.78, 5) is 32.0. The molecule has 0 unspecified atom stereocenters. The Morgan fingerprint density at radius 1 is 1.40 bits per heavy atom. The number of likely N-dealkylation sites (tertiary alicyclic amines) is 1. The van der Waals surface area contributed by atoms with Crippen molar-refractivity contribution in [2.75, 3.05) is 33.2 Å². The van der Waals surface area contributed by atoms with E-state index in [1.807, 2.05) is 35.0 Å². The molecule has 0 aliphatic carbocycles. The van der Waals surface area contributed by atoms with Crippen LogP contribution in [0.4, 0.5) is 0 Å². The highest BCUT2D eigenvalue weighted by atomic mass is 32.1. The molecule has 2 amide bonds. The van der Waals surface area contributed by atoms with Crippen LogP contribution in [0.3, 0.4) is 0 Å². The van der Waals surface area contributed by atoms with Crippen LogP contribution in [0.2, 0.25) is 0 Å². The summed E-state index contributed by atoms with van der Waals surface area (Å²) in [5.41, 5.74) is 1.01. The minimum absolute atomic E-state index is 0.0105. The second-order valence-corrected chi connectivity index (χ2v) is 7.55. The molecule has 1 saturated heterocycles. The molecule has 1 aromatic heterocycles. The highest BCUT2D eigenvalue weighted by Crippen LogP contribution is 2.22. The van der Waals surface area contributed by atoms with Crippen molar-refractivity contribution < 1.29 is 9.59 Å². The number of thiazole rings is 1. The maximum atomic E-state index is 12.0. The smallest absolute Gasteiger partial charge is 0.234 e. The lowest BCUT2D eigenvalue weighted by atomic mass is 10.3. The van der Waals surface area contributed by atoms with E-state index in [9.17, 15) is 9.59 Å². The first-order valence-corrected chi connectivity index (χ1v) is 9.51. The van der Waals surface area contributed by atoms with Crippen LogP contribution in [0.1, 0.15) is 24.3 Å². The Balaban J connectivity index is 1.36. The van der Waals surface area contributed by atoms with Gasteiger partial charge in [0.15, 0.2) is 0 Å². The molecule has 2 aromatic rings. The number of benzene rings is 1. The third kappa shape index (κ3) is 4.99. The van der Waals surface area contributed by atoms with Crippen molar-refractivity contribution in [1.29, 1.82) is 0 Å². The normalized spacial score (nSPS) is 14.6. The molecule has 7 heteroatoms. The standard InChI is InChI=1S/C18H24N4O2S/c1-21(13-17-20-14-6-2-3-7-15(14)25-17)12-16(23)19-9-5-11-22-10-4-8-18(22)24/h2-3,6-7H,4-5,8-13H2,1H3,(H,19,23). The number of fused-ring (bicyclic) bond motifs is 1. The summed E-state index contributed by atoms with van der Waals surface area (Å²) in [5, 5.41) is 3.95. The molecule has 0 bridgehead atoms. The average molecular weight is 360 g/mol. The van der Waals surface area contributed by atoms with E-state index in [0.29, 0.717) is 26.1 Å². The van der Waals surface area contributed by atoms with Gasteiger partial charge in [0.1, 0.15) is 5.01 Å². The van der Waals surface area contributed by atoms with Gasteiger partial charge >= 0.3 is 0 Å². The van der Waals surface area contributed by atoms with Crippen LogP contribution in [-0.4, -0.2) is 59.8 Å². The van der Waals surface area contributed by atoms with Crippen LogP contribution in [0.5, 0.6) is 0 Å². The number of rotatable bonds is 8. The fraction of sp³-hybridized carbons (Fsp3) is 0.500. The van der Waals surface area contributed by atoms with E-state index >= 15 is 0 Å². The largest absolute Gasteiger partial charge is 0.355 e. The molecular formula is C18H24N4O2S. The molecule has 2 heterocycles. The van der Waals surface area contributed by atoms with Crippen LogP contribution in [0.15, 0.2) is 24.3 Å². The zero-order valence-electron chi connectivity index (χ0n) is 14.5. The van der Waals surface area contributed by atoms with Crippen LogP contribution < -0.4 is 5.32 Å². The fourth-order valence-corrected chi connectivity index (χ4v) is 4.06. The molecule has 1 aromatic carbocycles. The molecule has 0 radical (unpaired) electrons. The van der Waals surface area contributed by atoms with E-state index in [4.69, 9.17) is 0 Å². The minimum atomic E-state index is 0.0105. The number of para-hydroxylation sites is 1. The molecule has 134 valence electrons. The molecular weight excluding hydrogens is 336 g/mol. The van der Waals surface area contributed by atoms with Gasteiger partial charge in [0.05, 0.1) is 23.3 Å². The van der Waals surface area contributed by atoms with Gasteiger partial charge in [0, 0.05) is 26.1 Å². The molecule has 0 saturated carbocycles. The second-order valence-electron chi connectivity index (χ2n) is 6.44. The number of aromatic nitrogens is 1. The van der Waals surface area contributed by atoms with Gasteiger partial charge in [-0.1, -0.05) is 12.1 Å². The SMILES string of the molecule is CN(CC(=O)NCCCN1CCCC1=O)Cc1nc2ccccc2s1. The topological polar surface area (TPSA) is 65.5 Å². The maximum Gasteiger partial charge on any atom is 0.234 e. The second kappa shape index (κ2) is 8.40.